The van der Waals surface area contributed by atoms with Gasteiger partial charge in [0.1, 0.15) is 0 Å². The molecule has 1 heteroatoms. The smallest absolute Gasteiger partial charge is 0.0346 e. The molecule has 0 aromatic heterocycles. The van der Waals surface area contributed by atoms with Gasteiger partial charge in [-0.1, -0.05) is 25.5 Å². The molecule has 92 valence electrons. The number of rotatable bonds is 0. The number of benzene rings is 1. The lowest BCUT2D eigenvalue weighted by molar-refractivity contribution is 1.30. The highest BCUT2D eigenvalue weighted by atomic mass is 14.6. The number of nitrogens with two attached hydrogens (primary N) is 1. The molecular formula is C15H27N. The van der Waals surface area contributed by atoms with Gasteiger partial charge < -0.3 is 5.73 Å². The summed E-state index contributed by atoms with van der Waals surface area (Å²) in [5, 5.41) is 0. The lowest BCUT2D eigenvalue weighted by atomic mass is 10.1. The number of hydrogen-bond acceptors (Lipinski definition) is 1. The zero-order chi connectivity index (χ0) is 13.3. The third-order valence-corrected chi connectivity index (χ3v) is 1.88. The summed E-state index contributed by atoms with van der Waals surface area (Å²) in [5.74, 6) is 0. The maximum absolute atomic E-state index is 5.69. The molecular weight excluding hydrogens is 194 g/mol. The highest BCUT2D eigenvalue weighted by Gasteiger charge is 1.95. The molecule has 0 radical (unpaired) electrons. The normalized spacial score (nSPS) is 8.19. The van der Waals surface area contributed by atoms with E-state index >= 15 is 0 Å². The zero-order valence-electron chi connectivity index (χ0n) is 11.9. The molecule has 1 aromatic rings. The van der Waals surface area contributed by atoms with Gasteiger partial charge in [0.25, 0.3) is 0 Å². The van der Waals surface area contributed by atoms with Crippen LogP contribution in [-0.4, -0.2) is 0 Å². The monoisotopic (exact) mass is 221 g/mol. The van der Waals surface area contributed by atoms with Crippen molar-refractivity contribution in [3.05, 3.63) is 41.0 Å². The minimum absolute atomic E-state index is 0.892. The summed E-state index contributed by atoms with van der Waals surface area (Å²) >= 11 is 0. The largest absolute Gasteiger partial charge is 0.399 e. The van der Waals surface area contributed by atoms with Crippen molar-refractivity contribution in [1.82, 2.24) is 0 Å². The van der Waals surface area contributed by atoms with E-state index in [0.717, 1.165) is 5.69 Å². The first-order valence-corrected chi connectivity index (χ1v) is 5.80. The summed E-state index contributed by atoms with van der Waals surface area (Å²) in [5.41, 5.74) is 11.5. The van der Waals surface area contributed by atoms with Crippen LogP contribution in [0.4, 0.5) is 5.69 Å². The van der Waals surface area contributed by atoms with E-state index < -0.39 is 0 Å². The average molecular weight is 221 g/mol. The van der Waals surface area contributed by atoms with Crippen LogP contribution >= 0.6 is 0 Å². The molecule has 2 N–H and O–H groups in total. The first-order chi connectivity index (χ1) is 7.34. The highest BCUT2D eigenvalue weighted by Crippen LogP contribution is 2.16. The molecule has 0 saturated heterocycles. The molecule has 0 heterocycles. The van der Waals surface area contributed by atoms with Crippen LogP contribution in [0.5, 0.6) is 0 Å². The number of aryl methyl sites for hydroxylation is 3. The van der Waals surface area contributed by atoms with Gasteiger partial charge in [0.15, 0.2) is 0 Å². The van der Waals surface area contributed by atoms with Crippen LogP contribution in [0.1, 0.15) is 44.4 Å². The third kappa shape index (κ3) is 8.10. The summed E-state index contributed by atoms with van der Waals surface area (Å²) in [6, 6.07) is 4.13. The predicted octanol–water partition coefficient (Wildman–Crippen LogP) is 4.80. The second kappa shape index (κ2) is 9.02. The molecule has 0 spiro atoms. The van der Waals surface area contributed by atoms with E-state index in [-0.39, 0.29) is 0 Å². The summed E-state index contributed by atoms with van der Waals surface area (Å²) in [6.45, 7) is 17.7. The van der Waals surface area contributed by atoms with Crippen molar-refractivity contribution >= 4 is 5.69 Å². The van der Waals surface area contributed by atoms with Gasteiger partial charge >= 0.3 is 0 Å². The first-order valence-electron chi connectivity index (χ1n) is 5.80. The Labute approximate surface area is 101 Å². The Hall–Kier alpha value is -1.24. The van der Waals surface area contributed by atoms with Gasteiger partial charge in [-0.25, -0.2) is 0 Å². The molecule has 0 aliphatic rings. The van der Waals surface area contributed by atoms with Crippen LogP contribution < -0.4 is 5.73 Å². The van der Waals surface area contributed by atoms with Gasteiger partial charge in [0, 0.05) is 5.69 Å². The SMILES string of the molecule is C=C(C)C.CC.Cc1cc(C)c(N)cc1C. The Kier molecular flexibility index (Phi) is 9.68. The Morgan fingerprint density at radius 1 is 0.938 bits per heavy atom. The quantitative estimate of drug-likeness (QED) is 0.494. The molecule has 1 aromatic carbocycles. The second-order valence-electron chi connectivity index (χ2n) is 4.00. The van der Waals surface area contributed by atoms with Crippen molar-refractivity contribution in [1.29, 1.82) is 0 Å². The molecule has 0 bridgehead atoms. The molecule has 0 fully saturated rings. The highest BCUT2D eigenvalue weighted by molar-refractivity contribution is 5.50. The molecule has 0 aliphatic carbocycles. The first kappa shape index (κ1) is 17.2. The van der Waals surface area contributed by atoms with E-state index in [1.807, 2.05) is 40.7 Å². The van der Waals surface area contributed by atoms with Crippen LogP contribution in [0.3, 0.4) is 0 Å². The van der Waals surface area contributed by atoms with Crippen molar-refractivity contribution in [2.75, 3.05) is 5.73 Å². The maximum Gasteiger partial charge on any atom is 0.0346 e. The molecule has 1 nitrogen and oxygen atoms in total. The predicted molar refractivity (Wildman–Crippen MR) is 76.9 cm³/mol. The minimum Gasteiger partial charge on any atom is -0.399 e. The van der Waals surface area contributed by atoms with Gasteiger partial charge in [-0.05, 0) is 57.4 Å². The van der Waals surface area contributed by atoms with Crippen molar-refractivity contribution < 1.29 is 0 Å². The third-order valence-electron chi connectivity index (χ3n) is 1.88. The molecule has 0 atom stereocenters. The minimum atomic E-state index is 0.892. The van der Waals surface area contributed by atoms with Crippen molar-refractivity contribution in [3.63, 3.8) is 0 Å². The summed E-state index contributed by atoms with van der Waals surface area (Å²) < 4.78 is 0. The Morgan fingerprint density at radius 3 is 1.56 bits per heavy atom. The van der Waals surface area contributed by atoms with Crippen LogP contribution in [0.2, 0.25) is 0 Å². The lowest BCUT2D eigenvalue weighted by Crippen LogP contribution is -1.91. The molecule has 0 saturated carbocycles. The number of hydrogen-bond donors (Lipinski definition) is 1. The molecule has 0 aliphatic heterocycles. The number of anilines is 1. The van der Waals surface area contributed by atoms with Gasteiger partial charge in [0.2, 0.25) is 0 Å². The topological polar surface area (TPSA) is 26.0 Å². The summed E-state index contributed by atoms with van der Waals surface area (Å²) in [4.78, 5) is 0. The summed E-state index contributed by atoms with van der Waals surface area (Å²) in [7, 11) is 0. The van der Waals surface area contributed by atoms with Crippen LogP contribution in [0.25, 0.3) is 0 Å². The summed E-state index contributed by atoms with van der Waals surface area (Å²) in [6.07, 6.45) is 0. The second-order valence-corrected chi connectivity index (χ2v) is 4.00. The maximum atomic E-state index is 5.69. The molecule has 0 unspecified atom stereocenters. The van der Waals surface area contributed by atoms with E-state index in [1.165, 1.54) is 22.3 Å². The zero-order valence-corrected chi connectivity index (χ0v) is 11.9. The fourth-order valence-corrected chi connectivity index (χ4v) is 0.983. The molecule has 1 rings (SSSR count). The fourth-order valence-electron chi connectivity index (χ4n) is 0.983. The van der Waals surface area contributed by atoms with Crippen molar-refractivity contribution in [3.8, 4) is 0 Å². The van der Waals surface area contributed by atoms with Crippen LogP contribution in [-0.2, 0) is 0 Å². The van der Waals surface area contributed by atoms with Gasteiger partial charge in [0.05, 0.1) is 0 Å². The van der Waals surface area contributed by atoms with E-state index in [4.69, 9.17) is 5.73 Å². The number of nitrogen functional groups attached to an aromatic ring is 1. The Morgan fingerprint density at radius 2 is 1.25 bits per heavy atom. The Bertz CT molecular complexity index is 270. The fraction of sp³-hybridized carbons (Fsp3) is 0.467. The Balaban J connectivity index is 0. The van der Waals surface area contributed by atoms with Crippen molar-refractivity contribution in [2.24, 2.45) is 0 Å². The average Bonchev–Trinajstić information content (AvgIpc) is 2.17. The van der Waals surface area contributed by atoms with E-state index in [2.05, 4.69) is 26.5 Å². The molecule has 16 heavy (non-hydrogen) atoms. The molecule has 0 amide bonds. The van der Waals surface area contributed by atoms with Gasteiger partial charge in [-0.2, -0.15) is 0 Å². The van der Waals surface area contributed by atoms with E-state index in [0.29, 0.717) is 0 Å². The van der Waals surface area contributed by atoms with Gasteiger partial charge in [-0.15, -0.1) is 6.58 Å². The van der Waals surface area contributed by atoms with Crippen LogP contribution in [0, 0.1) is 20.8 Å². The number of allylic oxidation sites excluding steroid dienone is 1. The lowest BCUT2D eigenvalue weighted by Gasteiger charge is -2.03. The van der Waals surface area contributed by atoms with Crippen molar-refractivity contribution in [2.45, 2.75) is 48.5 Å². The van der Waals surface area contributed by atoms with E-state index in [1.54, 1.807) is 0 Å². The standard InChI is InChI=1S/C9H13N.C4H8.C2H6/c1-6-4-8(3)9(10)5-7(6)2;1-4(2)3;1-2/h4-5H,10H2,1-3H3;1H2,2-3H3;1-2H3. The van der Waals surface area contributed by atoms with Crippen LogP contribution in [0.15, 0.2) is 24.3 Å². The van der Waals surface area contributed by atoms with E-state index in [9.17, 15) is 0 Å². The van der Waals surface area contributed by atoms with Gasteiger partial charge in [-0.3, -0.25) is 0 Å².